The third-order valence-corrected chi connectivity index (χ3v) is 5.29. The molecule has 1 saturated heterocycles. The van der Waals surface area contributed by atoms with Crippen molar-refractivity contribution in [1.82, 2.24) is 10.2 Å². The van der Waals surface area contributed by atoms with E-state index in [0.717, 1.165) is 10.9 Å². The monoisotopic (exact) mass is 386 g/mol. The molecule has 2 heterocycles. The summed E-state index contributed by atoms with van der Waals surface area (Å²) >= 11 is 0. The largest absolute Gasteiger partial charge is 0.497 e. The summed E-state index contributed by atoms with van der Waals surface area (Å²) in [7, 11) is 1.55. The van der Waals surface area contributed by atoms with Crippen LogP contribution in [-0.4, -0.2) is 43.0 Å². The number of methoxy groups -OCH3 is 1. The zero-order chi connectivity index (χ0) is 20.4. The number of rotatable bonds is 5. The number of nitrogens with one attached hydrogen (secondary N) is 1. The number of nitrogens with zero attached hydrogens (tertiary/aromatic N) is 1. The molecule has 1 N–H and O–H groups in total. The first-order valence-corrected chi connectivity index (χ1v) is 9.51. The second-order valence-corrected chi connectivity index (χ2v) is 7.42. The smallest absolute Gasteiger partial charge is 0.339 e. The van der Waals surface area contributed by atoms with Crippen molar-refractivity contribution in [2.75, 3.05) is 20.2 Å². The fourth-order valence-electron chi connectivity index (χ4n) is 3.79. The van der Waals surface area contributed by atoms with Crippen LogP contribution in [0.3, 0.4) is 0 Å². The molecule has 7 nitrogen and oxygen atoms in total. The normalized spacial score (nSPS) is 17.1. The highest BCUT2D eigenvalue weighted by Crippen LogP contribution is 2.25. The minimum absolute atomic E-state index is 0.0201. The molecule has 150 valence electrons. The molecule has 1 aliphatic rings. The fourth-order valence-corrected chi connectivity index (χ4v) is 3.79. The van der Waals surface area contributed by atoms with Gasteiger partial charge in [-0.3, -0.25) is 9.59 Å². The predicted octanol–water partition coefficient (Wildman–Crippen LogP) is 2.03. The van der Waals surface area contributed by atoms with Crippen molar-refractivity contribution >= 4 is 22.8 Å². The van der Waals surface area contributed by atoms with Gasteiger partial charge in [-0.25, -0.2) is 4.79 Å². The van der Waals surface area contributed by atoms with E-state index in [4.69, 9.17) is 9.15 Å². The zero-order valence-electron chi connectivity index (χ0n) is 16.7. The van der Waals surface area contributed by atoms with Crippen LogP contribution in [0.25, 0.3) is 11.0 Å². The van der Waals surface area contributed by atoms with Gasteiger partial charge in [0.05, 0.1) is 7.11 Å². The van der Waals surface area contributed by atoms with Crippen molar-refractivity contribution in [3.8, 4) is 5.75 Å². The molecule has 1 unspecified atom stereocenters. The number of aryl methyl sites for hydroxylation is 1. The number of amides is 2. The lowest BCUT2D eigenvalue weighted by molar-refractivity contribution is -0.145. The Bertz CT molecular complexity index is 963. The Morgan fingerprint density at radius 2 is 2.11 bits per heavy atom. The Labute approximate surface area is 163 Å². The number of ether oxygens (including phenoxy) is 1. The minimum Gasteiger partial charge on any atom is -0.497 e. The lowest BCUT2D eigenvalue weighted by Gasteiger charge is -2.37. The number of benzene rings is 1. The van der Waals surface area contributed by atoms with Crippen LogP contribution in [0.15, 0.2) is 27.4 Å². The second-order valence-electron chi connectivity index (χ2n) is 7.42. The Morgan fingerprint density at radius 1 is 1.36 bits per heavy atom. The number of hydrogen-bond donors (Lipinski definition) is 1. The van der Waals surface area contributed by atoms with E-state index in [0.29, 0.717) is 30.0 Å². The molecule has 7 heteroatoms. The van der Waals surface area contributed by atoms with Gasteiger partial charge in [-0.15, -0.1) is 0 Å². The molecule has 0 spiro atoms. The van der Waals surface area contributed by atoms with Crippen molar-refractivity contribution in [3.05, 3.63) is 39.7 Å². The molecule has 3 rings (SSSR count). The van der Waals surface area contributed by atoms with Crippen molar-refractivity contribution in [3.63, 3.8) is 0 Å². The molecule has 0 bridgehead atoms. The van der Waals surface area contributed by atoms with Crippen LogP contribution in [-0.2, 0) is 16.0 Å². The fraction of sp³-hybridized carbons (Fsp3) is 0.476. The summed E-state index contributed by atoms with van der Waals surface area (Å²) in [6, 6.07) is 4.87. The topological polar surface area (TPSA) is 88.9 Å². The van der Waals surface area contributed by atoms with Gasteiger partial charge in [0.15, 0.2) is 0 Å². The summed E-state index contributed by atoms with van der Waals surface area (Å²) < 4.78 is 10.6. The molecule has 1 aromatic heterocycles. The van der Waals surface area contributed by atoms with Gasteiger partial charge in [-0.1, -0.05) is 13.8 Å². The SMILES string of the molecule is COc1ccc2c(C)c(CCC(=O)N3CCNC(=O)C3C(C)C)c(=O)oc2c1. The highest BCUT2D eigenvalue weighted by Gasteiger charge is 2.34. The van der Waals surface area contributed by atoms with E-state index in [-0.39, 0.29) is 30.6 Å². The molecular formula is C21H26N2O5. The molecule has 1 aromatic carbocycles. The summed E-state index contributed by atoms with van der Waals surface area (Å²) in [6.45, 7) is 6.64. The van der Waals surface area contributed by atoms with Gasteiger partial charge in [0.25, 0.3) is 0 Å². The van der Waals surface area contributed by atoms with Crippen LogP contribution >= 0.6 is 0 Å². The lowest BCUT2D eigenvalue weighted by atomic mass is 9.98. The van der Waals surface area contributed by atoms with Crippen LogP contribution in [0.4, 0.5) is 0 Å². The molecule has 2 aromatic rings. The van der Waals surface area contributed by atoms with E-state index in [2.05, 4.69) is 5.32 Å². The maximum atomic E-state index is 12.8. The lowest BCUT2D eigenvalue weighted by Crippen LogP contribution is -2.59. The van der Waals surface area contributed by atoms with E-state index < -0.39 is 11.7 Å². The van der Waals surface area contributed by atoms with E-state index in [9.17, 15) is 14.4 Å². The van der Waals surface area contributed by atoms with Gasteiger partial charge in [0, 0.05) is 36.5 Å². The van der Waals surface area contributed by atoms with Gasteiger partial charge in [-0.2, -0.15) is 0 Å². The molecule has 2 amide bonds. The van der Waals surface area contributed by atoms with Crippen molar-refractivity contribution in [2.24, 2.45) is 5.92 Å². The van der Waals surface area contributed by atoms with Gasteiger partial charge < -0.3 is 19.4 Å². The highest BCUT2D eigenvalue weighted by atomic mass is 16.5. The van der Waals surface area contributed by atoms with Crippen molar-refractivity contribution in [1.29, 1.82) is 0 Å². The maximum Gasteiger partial charge on any atom is 0.339 e. The quantitative estimate of drug-likeness (QED) is 0.795. The molecule has 1 aliphatic heterocycles. The average molecular weight is 386 g/mol. The average Bonchev–Trinajstić information content (AvgIpc) is 2.66. The van der Waals surface area contributed by atoms with Gasteiger partial charge in [-0.05, 0) is 37.0 Å². The summed E-state index contributed by atoms with van der Waals surface area (Å²) in [5, 5.41) is 3.63. The Hall–Kier alpha value is -2.83. The second kappa shape index (κ2) is 8.04. The number of carbonyl (C=O) groups excluding carboxylic acids is 2. The Morgan fingerprint density at radius 3 is 2.79 bits per heavy atom. The van der Waals surface area contributed by atoms with Crippen molar-refractivity contribution < 1.29 is 18.7 Å². The summed E-state index contributed by atoms with van der Waals surface area (Å²) in [4.78, 5) is 39.1. The first-order chi connectivity index (χ1) is 13.3. The van der Waals surface area contributed by atoms with Gasteiger partial charge in [0.2, 0.25) is 11.8 Å². The Kier molecular flexibility index (Phi) is 5.72. The van der Waals surface area contributed by atoms with Crippen LogP contribution in [0.5, 0.6) is 5.75 Å². The van der Waals surface area contributed by atoms with E-state index in [1.54, 1.807) is 18.1 Å². The van der Waals surface area contributed by atoms with Crippen LogP contribution in [0, 0.1) is 12.8 Å². The molecule has 0 radical (unpaired) electrons. The van der Waals surface area contributed by atoms with E-state index in [1.165, 1.54) is 0 Å². The van der Waals surface area contributed by atoms with Gasteiger partial charge in [0.1, 0.15) is 17.4 Å². The Balaban J connectivity index is 1.82. The molecule has 1 fully saturated rings. The van der Waals surface area contributed by atoms with Crippen LogP contribution in [0.1, 0.15) is 31.4 Å². The molecule has 0 aliphatic carbocycles. The molecule has 28 heavy (non-hydrogen) atoms. The third-order valence-electron chi connectivity index (χ3n) is 5.29. The summed E-state index contributed by atoms with van der Waals surface area (Å²) in [5.41, 5.74) is 1.32. The first kappa shape index (κ1) is 19.9. The van der Waals surface area contributed by atoms with E-state index >= 15 is 0 Å². The number of carbonyl (C=O) groups is 2. The third kappa shape index (κ3) is 3.74. The summed E-state index contributed by atoms with van der Waals surface area (Å²) in [5.74, 6) is 0.389. The number of piperazine rings is 1. The molecular weight excluding hydrogens is 360 g/mol. The minimum atomic E-state index is -0.470. The highest BCUT2D eigenvalue weighted by molar-refractivity contribution is 5.89. The predicted molar refractivity (Wildman–Crippen MR) is 105 cm³/mol. The maximum absolute atomic E-state index is 12.8. The van der Waals surface area contributed by atoms with E-state index in [1.807, 2.05) is 32.9 Å². The van der Waals surface area contributed by atoms with Crippen LogP contribution in [0.2, 0.25) is 0 Å². The molecule has 0 saturated carbocycles. The number of hydrogen-bond acceptors (Lipinski definition) is 5. The first-order valence-electron chi connectivity index (χ1n) is 9.51. The number of fused-ring (bicyclic) bond motifs is 1. The molecule has 1 atom stereocenters. The standard InChI is InChI=1S/C21H26N2O5/c1-12(2)19-20(25)22-9-10-23(19)18(24)8-7-16-13(3)15-6-5-14(27-4)11-17(15)28-21(16)26/h5-6,11-12,19H,7-10H2,1-4H3,(H,22,25). The van der Waals surface area contributed by atoms with Crippen molar-refractivity contribution in [2.45, 2.75) is 39.7 Å². The zero-order valence-corrected chi connectivity index (χ0v) is 16.7. The van der Waals surface area contributed by atoms with Crippen LogP contribution < -0.4 is 15.7 Å². The summed E-state index contributed by atoms with van der Waals surface area (Å²) in [6.07, 6.45) is 0.432. The van der Waals surface area contributed by atoms with Gasteiger partial charge >= 0.3 is 5.63 Å².